The van der Waals surface area contributed by atoms with Crippen molar-refractivity contribution in [2.45, 2.75) is 13.8 Å². The zero-order chi connectivity index (χ0) is 22.7. The lowest BCUT2D eigenvalue weighted by atomic mass is 10.1. The van der Waals surface area contributed by atoms with E-state index in [0.717, 1.165) is 11.1 Å². The minimum atomic E-state index is -0.342. The normalized spacial score (nSPS) is 10.7. The lowest BCUT2D eigenvalue weighted by Gasteiger charge is -2.09. The highest BCUT2D eigenvalue weighted by Crippen LogP contribution is 2.25. The van der Waals surface area contributed by atoms with Crippen molar-refractivity contribution >= 4 is 34.2 Å². The van der Waals surface area contributed by atoms with Crippen LogP contribution in [-0.4, -0.2) is 12.5 Å². The van der Waals surface area contributed by atoms with Crippen LogP contribution in [0, 0.1) is 13.8 Å². The van der Waals surface area contributed by atoms with Crippen LogP contribution in [0.3, 0.4) is 0 Å². The number of rotatable bonds is 6. The molecule has 1 heterocycles. The Hall–Kier alpha value is -3.77. The molecule has 0 aliphatic carbocycles. The largest absolute Gasteiger partial charge is 0.484 e. The molecule has 1 amide bonds. The minimum absolute atomic E-state index is 0.0945. The number of hydrogen-bond acceptors (Lipinski definition) is 5. The first-order valence-electron chi connectivity index (χ1n) is 9.87. The van der Waals surface area contributed by atoms with Crippen LogP contribution < -0.4 is 20.2 Å². The number of carbonyl (C=O) groups excluding carboxylic acids is 1. The Morgan fingerprint density at radius 1 is 1.00 bits per heavy atom. The fraction of sp³-hybridized carbons (Fsp3) is 0.120. The Balaban J connectivity index is 1.46. The van der Waals surface area contributed by atoms with Crippen molar-refractivity contribution in [3.8, 4) is 17.2 Å². The van der Waals surface area contributed by atoms with Crippen LogP contribution in [0.25, 0.3) is 11.0 Å². The molecule has 4 aromatic rings. The third-order valence-electron chi connectivity index (χ3n) is 4.62. The van der Waals surface area contributed by atoms with E-state index in [1.165, 1.54) is 6.26 Å². The molecule has 0 aliphatic rings. The highest BCUT2D eigenvalue weighted by Gasteiger charge is 2.12. The third-order valence-corrected chi connectivity index (χ3v) is 4.85. The molecular formula is C25H20ClNO5. The maximum atomic E-state index is 12.8. The molecule has 162 valence electrons. The maximum Gasteiger partial charge on any atom is 0.262 e. The number of aryl methyl sites for hydroxylation is 2. The van der Waals surface area contributed by atoms with Gasteiger partial charge in [-0.3, -0.25) is 9.59 Å². The summed E-state index contributed by atoms with van der Waals surface area (Å²) in [5.74, 6) is 0.716. The van der Waals surface area contributed by atoms with E-state index in [9.17, 15) is 9.59 Å². The van der Waals surface area contributed by atoms with Crippen molar-refractivity contribution in [2.24, 2.45) is 0 Å². The molecule has 3 aromatic carbocycles. The predicted molar refractivity (Wildman–Crippen MR) is 124 cm³/mol. The van der Waals surface area contributed by atoms with Crippen LogP contribution in [0.1, 0.15) is 11.1 Å². The van der Waals surface area contributed by atoms with Crippen LogP contribution >= 0.6 is 11.6 Å². The number of anilines is 1. The summed E-state index contributed by atoms with van der Waals surface area (Å²) in [5.41, 5.74) is 2.68. The second-order valence-corrected chi connectivity index (χ2v) is 7.80. The first kappa shape index (κ1) is 21.5. The fourth-order valence-electron chi connectivity index (χ4n) is 3.28. The lowest BCUT2D eigenvalue weighted by molar-refractivity contribution is -0.118. The van der Waals surface area contributed by atoms with Gasteiger partial charge in [-0.05, 0) is 67.4 Å². The van der Waals surface area contributed by atoms with Crippen molar-refractivity contribution in [3.63, 3.8) is 0 Å². The Morgan fingerprint density at radius 2 is 1.78 bits per heavy atom. The molecule has 1 aromatic heterocycles. The number of benzene rings is 3. The quantitative estimate of drug-likeness (QED) is 0.398. The molecule has 4 rings (SSSR count). The van der Waals surface area contributed by atoms with Gasteiger partial charge in [0, 0.05) is 16.8 Å². The summed E-state index contributed by atoms with van der Waals surface area (Å²) >= 11 is 5.91. The second kappa shape index (κ2) is 9.16. The summed E-state index contributed by atoms with van der Waals surface area (Å²) in [5, 5.41) is 3.57. The van der Waals surface area contributed by atoms with Crippen molar-refractivity contribution in [1.29, 1.82) is 0 Å². The summed E-state index contributed by atoms with van der Waals surface area (Å²) in [6.07, 6.45) is 1.28. The lowest BCUT2D eigenvalue weighted by Crippen LogP contribution is -2.20. The van der Waals surface area contributed by atoms with E-state index in [-0.39, 0.29) is 23.7 Å². The number of amides is 1. The molecule has 0 fully saturated rings. The predicted octanol–water partition coefficient (Wildman–Crippen LogP) is 5.87. The molecule has 0 atom stereocenters. The smallest absolute Gasteiger partial charge is 0.262 e. The molecule has 7 heteroatoms. The summed E-state index contributed by atoms with van der Waals surface area (Å²) in [7, 11) is 0. The van der Waals surface area contributed by atoms with E-state index in [1.807, 2.05) is 32.0 Å². The first-order valence-corrected chi connectivity index (χ1v) is 10.2. The van der Waals surface area contributed by atoms with Crippen LogP contribution in [-0.2, 0) is 4.79 Å². The summed E-state index contributed by atoms with van der Waals surface area (Å²) < 4.78 is 16.9. The average molecular weight is 450 g/mol. The summed E-state index contributed by atoms with van der Waals surface area (Å²) in [6.45, 7) is 3.70. The summed E-state index contributed by atoms with van der Waals surface area (Å²) in [6, 6.07) is 17.3. The number of halogens is 1. The highest BCUT2D eigenvalue weighted by atomic mass is 35.5. The Kier molecular flexibility index (Phi) is 6.14. The molecule has 0 aliphatic heterocycles. The first-order chi connectivity index (χ1) is 15.4. The number of nitrogens with one attached hydrogen (secondary N) is 1. The number of fused-ring (bicyclic) bond motifs is 1. The van der Waals surface area contributed by atoms with Gasteiger partial charge in [0.05, 0.1) is 5.39 Å². The van der Waals surface area contributed by atoms with Crippen LogP contribution in [0.15, 0.2) is 76.1 Å². The Labute approximate surface area is 189 Å². The molecule has 0 unspecified atom stereocenters. The molecule has 1 N–H and O–H groups in total. The molecule has 6 nitrogen and oxygen atoms in total. The topological polar surface area (TPSA) is 77.8 Å². The van der Waals surface area contributed by atoms with Gasteiger partial charge in [0.25, 0.3) is 5.91 Å². The van der Waals surface area contributed by atoms with Gasteiger partial charge in [-0.2, -0.15) is 0 Å². The second-order valence-electron chi connectivity index (χ2n) is 7.36. The van der Waals surface area contributed by atoms with Gasteiger partial charge in [0.1, 0.15) is 23.3 Å². The average Bonchev–Trinajstić information content (AvgIpc) is 2.73. The zero-order valence-electron chi connectivity index (χ0n) is 17.5. The van der Waals surface area contributed by atoms with E-state index < -0.39 is 0 Å². The standard InChI is InChI=1S/C25H20ClNO5/c1-15-8-16(2)10-20(9-15)32-23-13-31-22-12-19(6-7-21(22)25(23)29)30-14-24(28)27-18-5-3-4-17(26)11-18/h3-13H,14H2,1-2H3,(H,27,28). The fourth-order valence-corrected chi connectivity index (χ4v) is 3.47. The highest BCUT2D eigenvalue weighted by molar-refractivity contribution is 6.30. The van der Waals surface area contributed by atoms with Gasteiger partial charge < -0.3 is 19.2 Å². The monoisotopic (exact) mass is 449 g/mol. The van der Waals surface area contributed by atoms with E-state index in [0.29, 0.717) is 33.2 Å². The zero-order valence-corrected chi connectivity index (χ0v) is 18.2. The molecule has 0 saturated heterocycles. The molecule has 32 heavy (non-hydrogen) atoms. The van der Waals surface area contributed by atoms with E-state index in [1.54, 1.807) is 42.5 Å². The number of carbonyl (C=O) groups is 1. The van der Waals surface area contributed by atoms with Crippen molar-refractivity contribution in [2.75, 3.05) is 11.9 Å². The van der Waals surface area contributed by atoms with Gasteiger partial charge in [-0.15, -0.1) is 0 Å². The maximum absolute atomic E-state index is 12.8. The molecule has 0 radical (unpaired) electrons. The third kappa shape index (κ3) is 5.10. The molecule has 0 saturated carbocycles. The van der Waals surface area contributed by atoms with Gasteiger partial charge >= 0.3 is 0 Å². The van der Waals surface area contributed by atoms with Crippen LogP contribution in [0.5, 0.6) is 17.2 Å². The molecule has 0 bridgehead atoms. The van der Waals surface area contributed by atoms with Crippen molar-refractivity contribution < 1.29 is 18.7 Å². The van der Waals surface area contributed by atoms with E-state index >= 15 is 0 Å². The van der Waals surface area contributed by atoms with E-state index in [4.69, 9.17) is 25.5 Å². The van der Waals surface area contributed by atoms with Crippen molar-refractivity contribution in [3.05, 3.63) is 93.3 Å². The number of ether oxygens (including phenoxy) is 2. The SMILES string of the molecule is Cc1cc(C)cc(Oc2coc3cc(OCC(=O)Nc4cccc(Cl)c4)ccc3c2=O)c1. The van der Waals surface area contributed by atoms with Crippen LogP contribution in [0.2, 0.25) is 5.02 Å². The van der Waals surface area contributed by atoms with Gasteiger partial charge in [-0.25, -0.2) is 0 Å². The number of hydrogen-bond donors (Lipinski definition) is 1. The van der Waals surface area contributed by atoms with E-state index in [2.05, 4.69) is 5.32 Å². The minimum Gasteiger partial charge on any atom is -0.484 e. The van der Waals surface area contributed by atoms with Gasteiger partial charge in [0.2, 0.25) is 11.2 Å². The Bertz CT molecular complexity index is 1340. The van der Waals surface area contributed by atoms with Crippen LogP contribution in [0.4, 0.5) is 5.69 Å². The van der Waals surface area contributed by atoms with Crippen molar-refractivity contribution in [1.82, 2.24) is 0 Å². The van der Waals surface area contributed by atoms with Gasteiger partial charge in [0.15, 0.2) is 6.61 Å². The molecular weight excluding hydrogens is 430 g/mol. The summed E-state index contributed by atoms with van der Waals surface area (Å²) in [4.78, 5) is 24.9. The Morgan fingerprint density at radius 3 is 2.53 bits per heavy atom. The molecule has 0 spiro atoms. The van der Waals surface area contributed by atoms with Gasteiger partial charge in [-0.1, -0.05) is 23.7 Å².